The molecule has 1 unspecified atom stereocenters. The van der Waals surface area contributed by atoms with Gasteiger partial charge in [0.05, 0.1) is 25.3 Å². The predicted octanol–water partition coefficient (Wildman–Crippen LogP) is 3.25. The zero-order valence-corrected chi connectivity index (χ0v) is 10.9. The lowest BCUT2D eigenvalue weighted by Crippen LogP contribution is -2.11. The van der Waals surface area contributed by atoms with Crippen LogP contribution in [0.3, 0.4) is 0 Å². The Hall–Kier alpha value is -0.770. The average Bonchev–Trinajstić information content (AvgIpc) is 2.72. The third kappa shape index (κ3) is 3.12. The van der Waals surface area contributed by atoms with Crippen molar-refractivity contribution in [2.45, 2.75) is 26.2 Å². The molecule has 1 aliphatic heterocycles. The molecule has 17 heavy (non-hydrogen) atoms. The molecule has 0 aromatic heterocycles. The molecule has 4 heteroatoms. The van der Waals surface area contributed by atoms with Crippen molar-refractivity contribution >= 4 is 11.6 Å². The first-order valence-corrected chi connectivity index (χ1v) is 6.13. The lowest BCUT2D eigenvalue weighted by Gasteiger charge is -2.14. The zero-order chi connectivity index (χ0) is 12.3. The number of ether oxygens (including phenoxy) is 3. The molecule has 1 aromatic rings. The van der Waals surface area contributed by atoms with Crippen LogP contribution < -0.4 is 4.74 Å². The third-order valence-electron chi connectivity index (χ3n) is 2.84. The van der Waals surface area contributed by atoms with Crippen LogP contribution >= 0.6 is 11.6 Å². The van der Waals surface area contributed by atoms with Crippen LogP contribution in [0.25, 0.3) is 0 Å². The maximum Gasteiger partial charge on any atom is 0.158 e. The molecule has 0 bridgehead atoms. The Morgan fingerprint density at radius 2 is 2.29 bits per heavy atom. The maximum atomic E-state index is 6.04. The Bertz CT molecular complexity index is 381. The summed E-state index contributed by atoms with van der Waals surface area (Å²) in [5, 5.41) is 0.606. The van der Waals surface area contributed by atoms with Gasteiger partial charge < -0.3 is 14.2 Å². The summed E-state index contributed by atoms with van der Waals surface area (Å²) >= 11 is 6.04. The van der Waals surface area contributed by atoms with Crippen molar-refractivity contribution in [1.82, 2.24) is 0 Å². The van der Waals surface area contributed by atoms with E-state index in [2.05, 4.69) is 6.92 Å². The molecule has 0 N–H and O–H groups in total. The molecular weight excluding hydrogens is 240 g/mol. The predicted molar refractivity (Wildman–Crippen MR) is 66.3 cm³/mol. The fraction of sp³-hybridized carbons (Fsp3) is 0.538. The maximum absolute atomic E-state index is 6.04. The van der Waals surface area contributed by atoms with Crippen molar-refractivity contribution < 1.29 is 14.2 Å². The van der Waals surface area contributed by atoms with Gasteiger partial charge in [0, 0.05) is 12.0 Å². The molecule has 0 aliphatic carbocycles. The summed E-state index contributed by atoms with van der Waals surface area (Å²) in [6, 6.07) is 5.64. The average molecular weight is 257 g/mol. The Morgan fingerprint density at radius 1 is 1.47 bits per heavy atom. The largest absolute Gasteiger partial charge is 0.495 e. The standard InChI is InChI=1S/C13H17ClO3/c1-9-6-12(16-7-9)17-8-10-4-3-5-11(14)13(10)15-2/h3-5,9,12H,6-8H2,1-2H3/t9-,12?/m1/s1. The number of halogens is 1. The highest BCUT2D eigenvalue weighted by atomic mass is 35.5. The van der Waals surface area contributed by atoms with E-state index in [1.54, 1.807) is 13.2 Å². The molecule has 1 saturated heterocycles. The molecule has 2 rings (SSSR count). The number of hydrogen-bond acceptors (Lipinski definition) is 3. The van der Waals surface area contributed by atoms with Gasteiger partial charge in [-0.25, -0.2) is 0 Å². The molecule has 1 aliphatic rings. The molecule has 1 heterocycles. The highest BCUT2D eigenvalue weighted by molar-refractivity contribution is 6.32. The molecule has 1 fully saturated rings. The highest BCUT2D eigenvalue weighted by Crippen LogP contribution is 2.30. The van der Waals surface area contributed by atoms with Crippen LogP contribution in [0.4, 0.5) is 0 Å². The number of rotatable bonds is 4. The molecule has 2 atom stereocenters. The molecule has 0 saturated carbocycles. The fourth-order valence-corrected chi connectivity index (χ4v) is 2.20. The number of methoxy groups -OCH3 is 1. The van der Waals surface area contributed by atoms with Gasteiger partial charge in [0.25, 0.3) is 0 Å². The first kappa shape index (κ1) is 12.7. The molecule has 0 spiro atoms. The Morgan fingerprint density at radius 3 is 2.94 bits per heavy atom. The topological polar surface area (TPSA) is 27.7 Å². The minimum Gasteiger partial charge on any atom is -0.495 e. The van der Waals surface area contributed by atoms with E-state index in [-0.39, 0.29) is 6.29 Å². The minimum absolute atomic E-state index is 0.103. The van der Waals surface area contributed by atoms with Crippen molar-refractivity contribution in [3.63, 3.8) is 0 Å². The minimum atomic E-state index is -0.103. The second-order valence-corrected chi connectivity index (χ2v) is 4.75. The van der Waals surface area contributed by atoms with E-state index in [1.807, 2.05) is 12.1 Å². The van der Waals surface area contributed by atoms with E-state index in [0.717, 1.165) is 18.6 Å². The summed E-state index contributed by atoms with van der Waals surface area (Å²) in [4.78, 5) is 0. The zero-order valence-electron chi connectivity index (χ0n) is 10.1. The Balaban J connectivity index is 1.97. The summed E-state index contributed by atoms with van der Waals surface area (Å²) in [7, 11) is 1.61. The summed E-state index contributed by atoms with van der Waals surface area (Å²) < 4.78 is 16.5. The summed E-state index contributed by atoms with van der Waals surface area (Å²) in [5.41, 5.74) is 0.947. The number of para-hydroxylation sites is 1. The van der Waals surface area contributed by atoms with Gasteiger partial charge in [-0.3, -0.25) is 0 Å². The SMILES string of the molecule is COc1c(Cl)cccc1COC1C[C@@H](C)CO1. The van der Waals surface area contributed by atoms with Crippen LogP contribution in [0, 0.1) is 5.92 Å². The van der Waals surface area contributed by atoms with E-state index >= 15 is 0 Å². The summed E-state index contributed by atoms with van der Waals surface area (Å²) in [6.45, 7) is 3.39. The van der Waals surface area contributed by atoms with Crippen molar-refractivity contribution in [3.8, 4) is 5.75 Å². The van der Waals surface area contributed by atoms with Gasteiger partial charge in [-0.15, -0.1) is 0 Å². The molecule has 94 valence electrons. The van der Waals surface area contributed by atoms with Gasteiger partial charge in [0.15, 0.2) is 6.29 Å². The van der Waals surface area contributed by atoms with E-state index in [1.165, 1.54) is 0 Å². The molecule has 3 nitrogen and oxygen atoms in total. The van der Waals surface area contributed by atoms with Crippen molar-refractivity contribution in [1.29, 1.82) is 0 Å². The van der Waals surface area contributed by atoms with Gasteiger partial charge in [0.1, 0.15) is 5.75 Å². The Kier molecular flexibility index (Phi) is 4.26. The van der Waals surface area contributed by atoms with E-state index < -0.39 is 0 Å². The van der Waals surface area contributed by atoms with Crippen molar-refractivity contribution in [2.24, 2.45) is 5.92 Å². The van der Waals surface area contributed by atoms with Gasteiger partial charge in [-0.2, -0.15) is 0 Å². The van der Waals surface area contributed by atoms with Crippen LogP contribution in [-0.4, -0.2) is 20.0 Å². The van der Waals surface area contributed by atoms with Crippen LogP contribution in [0.1, 0.15) is 18.9 Å². The van der Waals surface area contributed by atoms with E-state index in [0.29, 0.717) is 23.3 Å². The lowest BCUT2D eigenvalue weighted by atomic mass is 10.1. The van der Waals surface area contributed by atoms with Gasteiger partial charge in [0.2, 0.25) is 0 Å². The number of benzene rings is 1. The highest BCUT2D eigenvalue weighted by Gasteiger charge is 2.22. The second kappa shape index (κ2) is 5.71. The monoisotopic (exact) mass is 256 g/mol. The molecule has 0 radical (unpaired) electrons. The van der Waals surface area contributed by atoms with Gasteiger partial charge in [-0.1, -0.05) is 30.7 Å². The quantitative estimate of drug-likeness (QED) is 0.828. The fourth-order valence-electron chi connectivity index (χ4n) is 1.93. The molecule has 1 aromatic carbocycles. The third-order valence-corrected chi connectivity index (χ3v) is 3.14. The summed E-state index contributed by atoms with van der Waals surface area (Å²) in [6.07, 6.45) is 0.844. The number of hydrogen-bond donors (Lipinski definition) is 0. The van der Waals surface area contributed by atoms with E-state index in [9.17, 15) is 0 Å². The molecular formula is C13H17ClO3. The van der Waals surface area contributed by atoms with Crippen LogP contribution in [0.15, 0.2) is 18.2 Å². The smallest absolute Gasteiger partial charge is 0.158 e. The Labute approximate surface area is 107 Å². The lowest BCUT2D eigenvalue weighted by molar-refractivity contribution is -0.119. The van der Waals surface area contributed by atoms with Gasteiger partial charge in [-0.05, 0) is 12.0 Å². The van der Waals surface area contributed by atoms with Crippen molar-refractivity contribution in [2.75, 3.05) is 13.7 Å². The normalized spacial score (nSPS) is 23.9. The van der Waals surface area contributed by atoms with Crippen LogP contribution in [-0.2, 0) is 16.1 Å². The second-order valence-electron chi connectivity index (χ2n) is 4.35. The molecule has 0 amide bonds. The van der Waals surface area contributed by atoms with Crippen LogP contribution in [0.5, 0.6) is 5.75 Å². The summed E-state index contributed by atoms with van der Waals surface area (Å²) in [5.74, 6) is 1.25. The first-order chi connectivity index (χ1) is 8.20. The van der Waals surface area contributed by atoms with Gasteiger partial charge >= 0.3 is 0 Å². The first-order valence-electron chi connectivity index (χ1n) is 5.75. The van der Waals surface area contributed by atoms with E-state index in [4.69, 9.17) is 25.8 Å². The van der Waals surface area contributed by atoms with Crippen LogP contribution in [0.2, 0.25) is 5.02 Å². The van der Waals surface area contributed by atoms with Crippen molar-refractivity contribution in [3.05, 3.63) is 28.8 Å².